The molecule has 0 radical (unpaired) electrons. The number of ether oxygens (including phenoxy) is 2. The summed E-state index contributed by atoms with van der Waals surface area (Å²) in [4.78, 5) is 38.0. The van der Waals surface area contributed by atoms with Crippen molar-refractivity contribution in [3.8, 4) is 11.5 Å². The van der Waals surface area contributed by atoms with Gasteiger partial charge in [-0.2, -0.15) is 0 Å². The van der Waals surface area contributed by atoms with Crippen molar-refractivity contribution < 1.29 is 23.9 Å². The van der Waals surface area contributed by atoms with Crippen molar-refractivity contribution in [3.63, 3.8) is 0 Å². The van der Waals surface area contributed by atoms with Crippen LogP contribution in [0.1, 0.15) is 24.5 Å². The fraction of sp³-hybridized carbons (Fsp3) is 0.318. The van der Waals surface area contributed by atoms with Crippen LogP contribution in [0.25, 0.3) is 0 Å². The van der Waals surface area contributed by atoms with Crippen LogP contribution in [0.3, 0.4) is 0 Å². The maximum atomic E-state index is 12.2. The third-order valence-electron chi connectivity index (χ3n) is 4.92. The molecule has 0 spiro atoms. The second-order valence-corrected chi connectivity index (χ2v) is 7.05. The normalized spacial score (nSPS) is 13.7. The Morgan fingerprint density at radius 1 is 1.13 bits per heavy atom. The van der Waals surface area contributed by atoms with Gasteiger partial charge in [0.1, 0.15) is 11.5 Å². The van der Waals surface area contributed by atoms with E-state index in [1.165, 1.54) is 4.90 Å². The Kier molecular flexibility index (Phi) is 6.56. The van der Waals surface area contributed by atoms with E-state index in [4.69, 9.17) is 9.47 Å². The van der Waals surface area contributed by atoms with Gasteiger partial charge in [0.15, 0.2) is 12.7 Å². The molecule has 2 aromatic rings. The predicted octanol–water partition coefficient (Wildman–Crippen LogP) is 2.03. The van der Waals surface area contributed by atoms with Crippen LogP contribution in [0.4, 0.5) is 5.69 Å². The van der Waals surface area contributed by atoms with Crippen LogP contribution in [-0.4, -0.2) is 37.0 Å². The Morgan fingerprint density at radius 3 is 2.70 bits per heavy atom. The summed E-state index contributed by atoms with van der Waals surface area (Å²) in [5.41, 5.74) is 7.37. The van der Waals surface area contributed by atoms with Crippen molar-refractivity contribution in [2.45, 2.75) is 33.3 Å². The first kappa shape index (κ1) is 21.2. The molecule has 0 aliphatic carbocycles. The third kappa shape index (κ3) is 4.89. The largest absolute Gasteiger partial charge is 0.482 e. The quantitative estimate of drug-likeness (QED) is 0.709. The summed E-state index contributed by atoms with van der Waals surface area (Å²) in [5.74, 6) is 0.105. The number of benzene rings is 2. The van der Waals surface area contributed by atoms with Crippen LogP contribution in [0.15, 0.2) is 42.5 Å². The van der Waals surface area contributed by atoms with E-state index < -0.39 is 17.9 Å². The van der Waals surface area contributed by atoms with Crippen molar-refractivity contribution in [1.82, 2.24) is 10.9 Å². The van der Waals surface area contributed by atoms with Gasteiger partial charge in [-0.05, 0) is 50.1 Å². The van der Waals surface area contributed by atoms with Crippen molar-refractivity contribution >= 4 is 23.4 Å². The molecule has 1 aliphatic rings. The molecule has 2 N–H and O–H groups in total. The number of carbonyl (C=O) groups excluding carboxylic acids is 3. The first-order valence-electron chi connectivity index (χ1n) is 9.70. The molecule has 1 atom stereocenters. The van der Waals surface area contributed by atoms with Gasteiger partial charge in [-0.15, -0.1) is 0 Å². The molecule has 0 unspecified atom stereocenters. The summed E-state index contributed by atoms with van der Waals surface area (Å²) in [6, 6.07) is 12.8. The summed E-state index contributed by atoms with van der Waals surface area (Å²) < 4.78 is 11.1. The number of anilines is 1. The van der Waals surface area contributed by atoms with Crippen LogP contribution < -0.4 is 25.2 Å². The zero-order valence-electron chi connectivity index (χ0n) is 17.2. The molecule has 158 valence electrons. The highest BCUT2D eigenvalue weighted by molar-refractivity contribution is 5.98. The van der Waals surface area contributed by atoms with Crippen LogP contribution in [-0.2, 0) is 14.4 Å². The standard InChI is InChI=1S/C22H25N3O5/c1-14-7-6-10-18(15(14)2)30-16(3)22(28)24-23-20(26)11-12-25-17-8-4-5-9-19(17)29-13-21(25)27/h4-10,16H,11-13H2,1-3H3,(H,23,26)(H,24,28)/t16-/m0/s1. The number of hydrogen-bond acceptors (Lipinski definition) is 5. The number of fused-ring (bicyclic) bond motifs is 1. The molecule has 0 saturated carbocycles. The van der Waals surface area contributed by atoms with Gasteiger partial charge in [-0.25, -0.2) is 0 Å². The molecule has 30 heavy (non-hydrogen) atoms. The Morgan fingerprint density at radius 2 is 1.90 bits per heavy atom. The number of amides is 3. The zero-order valence-corrected chi connectivity index (χ0v) is 17.2. The smallest absolute Gasteiger partial charge is 0.279 e. The van der Waals surface area contributed by atoms with Crippen molar-refractivity contribution in [3.05, 3.63) is 53.6 Å². The van der Waals surface area contributed by atoms with Gasteiger partial charge in [0.25, 0.3) is 11.8 Å². The summed E-state index contributed by atoms with van der Waals surface area (Å²) in [7, 11) is 0. The molecule has 3 amide bonds. The van der Waals surface area contributed by atoms with E-state index in [1.54, 1.807) is 31.2 Å². The van der Waals surface area contributed by atoms with Gasteiger partial charge in [0.05, 0.1) is 5.69 Å². The first-order valence-corrected chi connectivity index (χ1v) is 9.70. The topological polar surface area (TPSA) is 97.0 Å². The van der Waals surface area contributed by atoms with Crippen LogP contribution in [0.5, 0.6) is 11.5 Å². The van der Waals surface area contributed by atoms with Gasteiger partial charge in [0.2, 0.25) is 5.91 Å². The zero-order chi connectivity index (χ0) is 21.7. The summed E-state index contributed by atoms with van der Waals surface area (Å²) >= 11 is 0. The van der Waals surface area contributed by atoms with E-state index in [9.17, 15) is 14.4 Å². The molecule has 0 fully saturated rings. The lowest BCUT2D eigenvalue weighted by atomic mass is 10.1. The Balaban J connectivity index is 1.48. The molecule has 0 bridgehead atoms. The molecule has 2 aromatic carbocycles. The molecule has 1 heterocycles. The maximum Gasteiger partial charge on any atom is 0.279 e. The lowest BCUT2D eigenvalue weighted by molar-refractivity contribution is -0.132. The van der Waals surface area contributed by atoms with E-state index >= 15 is 0 Å². The number of nitrogens with one attached hydrogen (secondary N) is 2. The lowest BCUT2D eigenvalue weighted by Gasteiger charge is -2.29. The lowest BCUT2D eigenvalue weighted by Crippen LogP contribution is -2.48. The average molecular weight is 411 g/mol. The average Bonchev–Trinajstić information content (AvgIpc) is 2.74. The van der Waals surface area contributed by atoms with Crippen LogP contribution in [0, 0.1) is 13.8 Å². The van der Waals surface area contributed by atoms with E-state index in [-0.39, 0.29) is 25.5 Å². The fourth-order valence-corrected chi connectivity index (χ4v) is 3.00. The molecule has 3 rings (SSSR count). The minimum Gasteiger partial charge on any atom is -0.482 e. The Labute approximate surface area is 175 Å². The fourth-order valence-electron chi connectivity index (χ4n) is 3.00. The number of hydrazine groups is 1. The van der Waals surface area contributed by atoms with Crippen LogP contribution in [0.2, 0.25) is 0 Å². The maximum absolute atomic E-state index is 12.2. The summed E-state index contributed by atoms with van der Waals surface area (Å²) in [6.45, 7) is 5.59. The molecular formula is C22H25N3O5. The summed E-state index contributed by atoms with van der Waals surface area (Å²) in [5, 5.41) is 0. The minimum atomic E-state index is -0.793. The number of para-hydroxylation sites is 2. The molecule has 8 heteroatoms. The van der Waals surface area contributed by atoms with Gasteiger partial charge in [-0.1, -0.05) is 24.3 Å². The van der Waals surface area contributed by atoms with E-state index in [0.29, 0.717) is 17.2 Å². The van der Waals surface area contributed by atoms with E-state index in [0.717, 1.165) is 11.1 Å². The second-order valence-electron chi connectivity index (χ2n) is 7.05. The second kappa shape index (κ2) is 9.30. The predicted molar refractivity (Wildman–Crippen MR) is 111 cm³/mol. The van der Waals surface area contributed by atoms with E-state index in [2.05, 4.69) is 10.9 Å². The highest BCUT2D eigenvalue weighted by atomic mass is 16.5. The monoisotopic (exact) mass is 411 g/mol. The number of carbonyl (C=O) groups is 3. The molecule has 0 aromatic heterocycles. The number of rotatable bonds is 6. The van der Waals surface area contributed by atoms with Crippen LogP contribution >= 0.6 is 0 Å². The third-order valence-corrected chi connectivity index (χ3v) is 4.92. The summed E-state index contributed by atoms with van der Waals surface area (Å²) in [6.07, 6.45) is -0.773. The molecule has 0 saturated heterocycles. The van der Waals surface area contributed by atoms with Gasteiger partial charge in [-0.3, -0.25) is 25.2 Å². The number of aryl methyl sites for hydroxylation is 1. The first-order chi connectivity index (χ1) is 14.4. The Bertz CT molecular complexity index is 960. The molecular weight excluding hydrogens is 386 g/mol. The van der Waals surface area contributed by atoms with E-state index in [1.807, 2.05) is 32.0 Å². The minimum absolute atomic E-state index is 0.0204. The van der Waals surface area contributed by atoms with Crippen molar-refractivity contribution in [2.75, 3.05) is 18.1 Å². The molecule has 8 nitrogen and oxygen atoms in total. The highest BCUT2D eigenvalue weighted by Gasteiger charge is 2.25. The van der Waals surface area contributed by atoms with Gasteiger partial charge >= 0.3 is 0 Å². The number of nitrogens with zero attached hydrogens (tertiary/aromatic N) is 1. The van der Waals surface area contributed by atoms with Crippen molar-refractivity contribution in [2.24, 2.45) is 0 Å². The SMILES string of the molecule is Cc1cccc(O[C@@H](C)C(=O)NNC(=O)CCN2C(=O)COc3ccccc32)c1C. The Hall–Kier alpha value is -3.55. The number of hydrogen-bond donors (Lipinski definition) is 2. The van der Waals surface area contributed by atoms with Crippen molar-refractivity contribution in [1.29, 1.82) is 0 Å². The molecule has 1 aliphatic heterocycles. The highest BCUT2D eigenvalue weighted by Crippen LogP contribution is 2.31. The van der Waals surface area contributed by atoms with Gasteiger partial charge < -0.3 is 14.4 Å². The van der Waals surface area contributed by atoms with Gasteiger partial charge in [0, 0.05) is 13.0 Å².